The van der Waals surface area contributed by atoms with Crippen LogP contribution in [0.15, 0.2) is 65.1 Å². The quantitative estimate of drug-likeness (QED) is 0.398. The van der Waals surface area contributed by atoms with Crippen molar-refractivity contribution in [1.29, 1.82) is 0 Å². The van der Waals surface area contributed by atoms with E-state index in [1.807, 2.05) is 42.5 Å². The van der Waals surface area contributed by atoms with Crippen molar-refractivity contribution < 1.29 is 14.3 Å². The number of rotatable bonds is 7. The van der Waals surface area contributed by atoms with Crippen LogP contribution in [0.5, 0.6) is 5.75 Å². The second-order valence-corrected chi connectivity index (χ2v) is 7.52. The molecule has 2 N–H and O–H groups in total. The highest BCUT2D eigenvalue weighted by atomic mass is 79.9. The summed E-state index contributed by atoms with van der Waals surface area (Å²) in [6.07, 6.45) is 2.20. The second-order valence-electron chi connectivity index (χ2n) is 6.66. The van der Waals surface area contributed by atoms with Gasteiger partial charge in [0.25, 0.3) is 5.91 Å². The van der Waals surface area contributed by atoms with Crippen LogP contribution in [-0.2, 0) is 11.2 Å². The molecule has 0 saturated heterocycles. The molecule has 3 rings (SSSR count). The Labute approximate surface area is 178 Å². The molecular weight excluding hydrogens is 432 g/mol. The molecule has 0 saturated carbocycles. The van der Waals surface area contributed by atoms with E-state index in [1.165, 1.54) is 0 Å². The molecule has 0 heterocycles. The maximum absolute atomic E-state index is 12.4. The third-order valence-electron chi connectivity index (χ3n) is 4.50. The van der Waals surface area contributed by atoms with Crippen LogP contribution in [-0.4, -0.2) is 18.4 Å². The number of halogens is 1. The van der Waals surface area contributed by atoms with Crippen molar-refractivity contribution in [2.75, 3.05) is 6.61 Å². The van der Waals surface area contributed by atoms with Crippen molar-refractivity contribution in [3.8, 4) is 5.75 Å². The standard InChI is InChI=1S/C23H23BrN2O3/c1-2-3-13-29-21-12-11-18(14-20(21)24)23(28)26-25-22(27)15-17-9-6-8-16-7-4-5-10-19(16)17/h4-12,14H,2-3,13,15H2,1H3,(H,25,27)(H,26,28). The zero-order chi connectivity index (χ0) is 20.6. The predicted octanol–water partition coefficient (Wildman–Crippen LogP) is 4.78. The molecule has 0 fully saturated rings. The van der Waals surface area contributed by atoms with Crippen molar-refractivity contribution in [2.45, 2.75) is 26.2 Å². The van der Waals surface area contributed by atoms with Gasteiger partial charge in [-0.2, -0.15) is 0 Å². The first kappa shape index (κ1) is 20.9. The van der Waals surface area contributed by atoms with Crippen molar-refractivity contribution >= 4 is 38.5 Å². The Kier molecular flexibility index (Phi) is 7.25. The number of hydrogen-bond acceptors (Lipinski definition) is 3. The van der Waals surface area contributed by atoms with Crippen LogP contribution in [0.25, 0.3) is 10.8 Å². The molecule has 0 spiro atoms. The van der Waals surface area contributed by atoms with E-state index >= 15 is 0 Å². The largest absolute Gasteiger partial charge is 0.492 e. The van der Waals surface area contributed by atoms with Gasteiger partial charge in [0.15, 0.2) is 0 Å². The van der Waals surface area contributed by atoms with Crippen LogP contribution in [0.1, 0.15) is 35.7 Å². The maximum atomic E-state index is 12.4. The van der Waals surface area contributed by atoms with E-state index in [2.05, 4.69) is 33.7 Å². The highest BCUT2D eigenvalue weighted by Gasteiger charge is 2.12. The number of benzene rings is 3. The fourth-order valence-corrected chi connectivity index (χ4v) is 3.44. The lowest BCUT2D eigenvalue weighted by Crippen LogP contribution is -2.42. The molecule has 0 aliphatic carbocycles. The summed E-state index contributed by atoms with van der Waals surface area (Å²) in [7, 11) is 0. The summed E-state index contributed by atoms with van der Waals surface area (Å²) in [6.45, 7) is 2.73. The molecule has 3 aromatic carbocycles. The molecule has 0 radical (unpaired) electrons. The fourth-order valence-electron chi connectivity index (χ4n) is 2.95. The number of carbonyl (C=O) groups excluding carboxylic acids is 2. The Bertz CT molecular complexity index is 1010. The number of hydrazine groups is 1. The van der Waals surface area contributed by atoms with Crippen LogP contribution in [0, 0.1) is 0 Å². The molecule has 0 aliphatic heterocycles. The first-order chi connectivity index (χ1) is 14.1. The van der Waals surface area contributed by atoms with Gasteiger partial charge in [0.05, 0.1) is 17.5 Å². The number of amides is 2. The average Bonchev–Trinajstić information content (AvgIpc) is 2.73. The van der Waals surface area contributed by atoms with Crippen LogP contribution < -0.4 is 15.6 Å². The summed E-state index contributed by atoms with van der Waals surface area (Å²) in [5.41, 5.74) is 6.28. The van der Waals surface area contributed by atoms with Crippen LogP contribution in [0.4, 0.5) is 0 Å². The summed E-state index contributed by atoms with van der Waals surface area (Å²) < 4.78 is 6.36. The number of ether oxygens (including phenoxy) is 1. The topological polar surface area (TPSA) is 67.4 Å². The van der Waals surface area contributed by atoms with Crippen molar-refractivity contribution in [3.05, 3.63) is 76.3 Å². The molecule has 0 atom stereocenters. The van der Waals surface area contributed by atoms with Gasteiger partial charge in [0.1, 0.15) is 5.75 Å². The number of hydrogen-bond donors (Lipinski definition) is 2. The Hall–Kier alpha value is -2.86. The average molecular weight is 455 g/mol. The Morgan fingerprint density at radius 1 is 1.00 bits per heavy atom. The molecule has 6 heteroatoms. The number of unbranched alkanes of at least 4 members (excludes halogenated alkanes) is 1. The molecule has 2 amide bonds. The predicted molar refractivity (Wildman–Crippen MR) is 118 cm³/mol. The molecule has 0 aliphatic rings. The van der Waals surface area contributed by atoms with Gasteiger partial charge in [-0.15, -0.1) is 0 Å². The normalized spacial score (nSPS) is 10.6. The van der Waals surface area contributed by atoms with Crippen molar-refractivity contribution in [1.82, 2.24) is 10.9 Å². The lowest BCUT2D eigenvalue weighted by molar-refractivity contribution is -0.121. The Balaban J connectivity index is 1.57. The monoisotopic (exact) mass is 454 g/mol. The highest BCUT2D eigenvalue weighted by molar-refractivity contribution is 9.10. The third-order valence-corrected chi connectivity index (χ3v) is 5.12. The summed E-state index contributed by atoms with van der Waals surface area (Å²) in [4.78, 5) is 24.7. The summed E-state index contributed by atoms with van der Waals surface area (Å²) >= 11 is 3.42. The van der Waals surface area contributed by atoms with E-state index in [0.29, 0.717) is 22.4 Å². The van der Waals surface area contributed by atoms with E-state index in [0.717, 1.165) is 29.2 Å². The van der Waals surface area contributed by atoms with Crippen LogP contribution >= 0.6 is 15.9 Å². The minimum absolute atomic E-state index is 0.176. The second kappa shape index (κ2) is 10.1. The van der Waals surface area contributed by atoms with Gasteiger partial charge in [-0.05, 0) is 56.9 Å². The Morgan fingerprint density at radius 3 is 2.59 bits per heavy atom. The van der Waals surface area contributed by atoms with E-state index < -0.39 is 5.91 Å². The molecule has 3 aromatic rings. The van der Waals surface area contributed by atoms with E-state index in [4.69, 9.17) is 4.74 Å². The first-order valence-corrected chi connectivity index (χ1v) is 10.4. The Morgan fingerprint density at radius 2 is 1.79 bits per heavy atom. The summed E-state index contributed by atoms with van der Waals surface area (Å²) in [5, 5.41) is 2.10. The van der Waals surface area contributed by atoms with Gasteiger partial charge < -0.3 is 4.74 Å². The fraction of sp³-hybridized carbons (Fsp3) is 0.217. The highest BCUT2D eigenvalue weighted by Crippen LogP contribution is 2.26. The van der Waals surface area contributed by atoms with E-state index in [1.54, 1.807) is 18.2 Å². The van der Waals surface area contributed by atoms with Gasteiger partial charge in [-0.1, -0.05) is 55.8 Å². The first-order valence-electron chi connectivity index (χ1n) is 9.56. The SMILES string of the molecule is CCCCOc1ccc(C(=O)NNC(=O)Cc2cccc3ccccc23)cc1Br. The maximum Gasteiger partial charge on any atom is 0.269 e. The zero-order valence-corrected chi connectivity index (χ0v) is 17.8. The molecule has 150 valence electrons. The molecule has 29 heavy (non-hydrogen) atoms. The minimum Gasteiger partial charge on any atom is -0.492 e. The third kappa shape index (κ3) is 5.57. The molecule has 0 aromatic heterocycles. The lowest BCUT2D eigenvalue weighted by atomic mass is 10.0. The number of carbonyl (C=O) groups is 2. The summed E-state index contributed by atoms with van der Waals surface area (Å²) in [6, 6.07) is 18.8. The number of fused-ring (bicyclic) bond motifs is 1. The minimum atomic E-state index is -0.392. The van der Waals surface area contributed by atoms with Crippen LogP contribution in [0.2, 0.25) is 0 Å². The zero-order valence-electron chi connectivity index (χ0n) is 16.2. The van der Waals surface area contributed by atoms with Gasteiger partial charge in [-0.25, -0.2) is 0 Å². The molecule has 0 unspecified atom stereocenters. The summed E-state index contributed by atoms with van der Waals surface area (Å²) in [5.74, 6) is 0.0142. The molecular formula is C23H23BrN2O3. The number of nitrogens with one attached hydrogen (secondary N) is 2. The molecule has 0 bridgehead atoms. The van der Waals surface area contributed by atoms with Gasteiger partial charge in [0.2, 0.25) is 5.91 Å². The van der Waals surface area contributed by atoms with Crippen molar-refractivity contribution in [2.24, 2.45) is 0 Å². The van der Waals surface area contributed by atoms with Gasteiger partial charge in [0, 0.05) is 5.56 Å². The smallest absolute Gasteiger partial charge is 0.269 e. The van der Waals surface area contributed by atoms with Crippen LogP contribution in [0.3, 0.4) is 0 Å². The van der Waals surface area contributed by atoms with Crippen molar-refractivity contribution in [3.63, 3.8) is 0 Å². The van der Waals surface area contributed by atoms with E-state index in [9.17, 15) is 9.59 Å². The molecule has 5 nitrogen and oxygen atoms in total. The lowest BCUT2D eigenvalue weighted by Gasteiger charge is -2.11. The van der Waals surface area contributed by atoms with E-state index in [-0.39, 0.29) is 12.3 Å². The van der Waals surface area contributed by atoms with Gasteiger partial charge >= 0.3 is 0 Å². The van der Waals surface area contributed by atoms with Gasteiger partial charge in [-0.3, -0.25) is 20.4 Å².